The lowest BCUT2D eigenvalue weighted by Gasteiger charge is -2.19. The normalized spacial score (nSPS) is 13.2. The van der Waals surface area contributed by atoms with Gasteiger partial charge in [0.05, 0.1) is 23.2 Å². The average Bonchev–Trinajstić information content (AvgIpc) is 2.92. The van der Waals surface area contributed by atoms with E-state index >= 15 is 0 Å². The number of sulfone groups is 1. The molecule has 0 saturated carbocycles. The summed E-state index contributed by atoms with van der Waals surface area (Å²) in [5.74, 6) is 0.0610. The minimum Gasteiger partial charge on any atom is -0.308 e. The highest BCUT2D eigenvalue weighted by molar-refractivity contribution is 7.90. The van der Waals surface area contributed by atoms with Crippen LogP contribution in [-0.4, -0.2) is 36.8 Å². The molecule has 6 heteroatoms. The fraction of sp³-hybridized carbons (Fsp3) is 0.400. The lowest BCUT2D eigenvalue weighted by Crippen LogP contribution is -2.30. The molecule has 0 bridgehead atoms. The summed E-state index contributed by atoms with van der Waals surface area (Å²) in [4.78, 5) is 0. The molecule has 1 aromatic heterocycles. The van der Waals surface area contributed by atoms with Gasteiger partial charge in [0.2, 0.25) is 0 Å². The van der Waals surface area contributed by atoms with E-state index in [1.807, 2.05) is 36.4 Å². The zero-order chi connectivity index (χ0) is 15.3. The molecule has 2 aromatic rings. The topological polar surface area (TPSA) is 64.0 Å². The first kappa shape index (κ1) is 15.7. The van der Waals surface area contributed by atoms with Gasteiger partial charge in [0.25, 0.3) is 0 Å². The molecule has 21 heavy (non-hydrogen) atoms. The summed E-state index contributed by atoms with van der Waals surface area (Å²) in [5.41, 5.74) is 1.79. The van der Waals surface area contributed by atoms with Crippen LogP contribution >= 0.6 is 0 Å². The Morgan fingerprint density at radius 2 is 1.95 bits per heavy atom. The van der Waals surface area contributed by atoms with E-state index in [9.17, 15) is 8.42 Å². The van der Waals surface area contributed by atoms with Crippen molar-refractivity contribution in [2.75, 3.05) is 18.6 Å². The molecule has 1 aromatic carbocycles. The Morgan fingerprint density at radius 1 is 1.24 bits per heavy atom. The number of nitrogens with zero attached hydrogens (tertiary/aromatic N) is 2. The zero-order valence-corrected chi connectivity index (χ0v) is 13.2. The van der Waals surface area contributed by atoms with E-state index in [-0.39, 0.29) is 11.8 Å². The number of nitrogens with one attached hydrogen (secondary N) is 1. The van der Waals surface area contributed by atoms with Gasteiger partial charge in [-0.25, -0.2) is 13.1 Å². The molecule has 0 amide bonds. The lowest BCUT2D eigenvalue weighted by molar-refractivity contribution is 0.530. The number of rotatable bonds is 7. The van der Waals surface area contributed by atoms with E-state index in [2.05, 4.69) is 17.3 Å². The van der Waals surface area contributed by atoms with Crippen LogP contribution < -0.4 is 5.32 Å². The maximum Gasteiger partial charge on any atom is 0.149 e. The molecule has 2 rings (SSSR count). The van der Waals surface area contributed by atoms with Crippen LogP contribution in [0.1, 0.15) is 25.1 Å². The largest absolute Gasteiger partial charge is 0.308 e. The maximum absolute atomic E-state index is 11.7. The molecule has 0 aliphatic carbocycles. The second-order valence-corrected chi connectivity index (χ2v) is 7.29. The molecule has 1 atom stereocenters. The van der Waals surface area contributed by atoms with E-state index in [1.165, 1.54) is 6.26 Å². The summed E-state index contributed by atoms with van der Waals surface area (Å²) in [6.07, 6.45) is 3.90. The van der Waals surface area contributed by atoms with Gasteiger partial charge >= 0.3 is 0 Å². The van der Waals surface area contributed by atoms with Gasteiger partial charge in [-0.05, 0) is 31.2 Å². The second-order valence-electron chi connectivity index (χ2n) is 5.10. The Hall–Kier alpha value is -1.66. The fourth-order valence-corrected chi connectivity index (χ4v) is 3.13. The fourth-order valence-electron chi connectivity index (χ4n) is 2.23. The highest BCUT2D eigenvalue weighted by Crippen LogP contribution is 2.19. The van der Waals surface area contributed by atoms with Crippen LogP contribution in [0.25, 0.3) is 5.69 Å². The van der Waals surface area contributed by atoms with Crippen LogP contribution in [0.5, 0.6) is 0 Å². The Labute approximate surface area is 125 Å². The summed E-state index contributed by atoms with van der Waals surface area (Å²) in [5, 5.41) is 7.63. The molecule has 0 radical (unpaired) electrons. The number of para-hydroxylation sites is 1. The molecule has 1 heterocycles. The summed E-state index contributed by atoms with van der Waals surface area (Å²) in [6.45, 7) is 2.82. The summed E-state index contributed by atoms with van der Waals surface area (Å²) in [7, 11) is -3.08. The predicted molar refractivity (Wildman–Crippen MR) is 84.3 cm³/mol. The molecular formula is C15H21N3O2S. The van der Waals surface area contributed by atoms with Crippen molar-refractivity contribution in [3.8, 4) is 5.69 Å². The van der Waals surface area contributed by atoms with Gasteiger partial charge in [0.1, 0.15) is 9.84 Å². The van der Waals surface area contributed by atoms with Gasteiger partial charge < -0.3 is 5.32 Å². The molecule has 0 spiro atoms. The van der Waals surface area contributed by atoms with Crippen LogP contribution in [0.4, 0.5) is 0 Å². The number of aromatic nitrogens is 2. The van der Waals surface area contributed by atoms with Crippen molar-refractivity contribution in [3.05, 3.63) is 48.3 Å². The van der Waals surface area contributed by atoms with Crippen molar-refractivity contribution in [1.29, 1.82) is 0 Å². The van der Waals surface area contributed by atoms with E-state index in [0.29, 0.717) is 0 Å². The SMILES string of the molecule is CCCNC(CS(C)(=O)=O)c1ccnn1-c1ccccc1. The first-order valence-corrected chi connectivity index (χ1v) is 9.08. The number of hydrogen-bond acceptors (Lipinski definition) is 4. The minimum absolute atomic E-state index is 0.0610. The van der Waals surface area contributed by atoms with Gasteiger partial charge in [-0.3, -0.25) is 0 Å². The Morgan fingerprint density at radius 3 is 2.57 bits per heavy atom. The van der Waals surface area contributed by atoms with Crippen LogP contribution in [0.2, 0.25) is 0 Å². The number of hydrogen-bond donors (Lipinski definition) is 1. The predicted octanol–water partition coefficient (Wildman–Crippen LogP) is 1.96. The molecular weight excluding hydrogens is 286 g/mol. The van der Waals surface area contributed by atoms with Crippen molar-refractivity contribution in [2.45, 2.75) is 19.4 Å². The highest BCUT2D eigenvalue weighted by Gasteiger charge is 2.21. The maximum atomic E-state index is 11.7. The molecule has 0 aliphatic rings. The van der Waals surface area contributed by atoms with Gasteiger partial charge in [0.15, 0.2) is 0 Å². The van der Waals surface area contributed by atoms with Crippen molar-refractivity contribution in [2.24, 2.45) is 0 Å². The Balaban J connectivity index is 2.34. The second kappa shape index (κ2) is 6.87. The van der Waals surface area contributed by atoms with Gasteiger partial charge in [-0.2, -0.15) is 5.10 Å². The third-order valence-corrected chi connectivity index (χ3v) is 4.08. The average molecular weight is 307 g/mol. The van der Waals surface area contributed by atoms with Crippen LogP contribution in [0.3, 0.4) is 0 Å². The first-order valence-electron chi connectivity index (χ1n) is 7.01. The van der Waals surface area contributed by atoms with Crippen molar-refractivity contribution in [3.63, 3.8) is 0 Å². The van der Waals surface area contributed by atoms with Crippen molar-refractivity contribution in [1.82, 2.24) is 15.1 Å². The van der Waals surface area contributed by atoms with E-state index in [4.69, 9.17) is 0 Å². The molecule has 1 N–H and O–H groups in total. The van der Waals surface area contributed by atoms with E-state index in [0.717, 1.165) is 24.3 Å². The molecule has 114 valence electrons. The quantitative estimate of drug-likeness (QED) is 0.849. The number of benzene rings is 1. The van der Waals surface area contributed by atoms with Gasteiger partial charge in [-0.15, -0.1) is 0 Å². The van der Waals surface area contributed by atoms with Crippen LogP contribution in [0, 0.1) is 0 Å². The summed E-state index contributed by atoms with van der Waals surface area (Å²) in [6, 6.07) is 11.3. The minimum atomic E-state index is -3.08. The summed E-state index contributed by atoms with van der Waals surface area (Å²) < 4.78 is 25.1. The van der Waals surface area contributed by atoms with E-state index < -0.39 is 9.84 Å². The molecule has 0 aliphatic heterocycles. The standard InChI is InChI=1S/C15H21N3O2S/c1-3-10-16-14(12-21(2,19)20)15-9-11-17-18(15)13-7-5-4-6-8-13/h4-9,11,14,16H,3,10,12H2,1-2H3. The van der Waals surface area contributed by atoms with E-state index in [1.54, 1.807) is 10.9 Å². The lowest BCUT2D eigenvalue weighted by atomic mass is 10.2. The molecule has 0 saturated heterocycles. The molecule has 0 fully saturated rings. The smallest absolute Gasteiger partial charge is 0.149 e. The Kier molecular flexibility index (Phi) is 5.14. The molecule has 5 nitrogen and oxygen atoms in total. The molecule has 1 unspecified atom stereocenters. The Bertz CT molecular complexity index is 665. The summed E-state index contributed by atoms with van der Waals surface area (Å²) >= 11 is 0. The highest BCUT2D eigenvalue weighted by atomic mass is 32.2. The third kappa shape index (κ3) is 4.41. The monoisotopic (exact) mass is 307 g/mol. The van der Waals surface area contributed by atoms with Crippen molar-refractivity contribution >= 4 is 9.84 Å². The first-order chi connectivity index (χ1) is 10.0. The van der Waals surface area contributed by atoms with Crippen LogP contribution in [0.15, 0.2) is 42.6 Å². The van der Waals surface area contributed by atoms with Gasteiger partial charge in [-0.1, -0.05) is 25.1 Å². The third-order valence-electron chi connectivity index (χ3n) is 3.14. The van der Waals surface area contributed by atoms with Crippen molar-refractivity contribution < 1.29 is 8.42 Å². The zero-order valence-electron chi connectivity index (χ0n) is 12.4. The van der Waals surface area contributed by atoms with Crippen LogP contribution in [-0.2, 0) is 9.84 Å². The van der Waals surface area contributed by atoms with Gasteiger partial charge in [0, 0.05) is 12.5 Å².